The molecule has 0 saturated carbocycles. The lowest BCUT2D eigenvalue weighted by Crippen LogP contribution is -2.32. The van der Waals surface area contributed by atoms with Crippen molar-refractivity contribution in [1.29, 1.82) is 0 Å². The maximum absolute atomic E-state index is 12.9. The third kappa shape index (κ3) is 4.21. The topological polar surface area (TPSA) is 82.5 Å². The Morgan fingerprint density at radius 1 is 1.14 bits per heavy atom. The molecule has 1 N–H and O–H groups in total. The molecule has 2 aromatic heterocycles. The van der Waals surface area contributed by atoms with Gasteiger partial charge in [0.1, 0.15) is 0 Å². The lowest BCUT2D eigenvalue weighted by atomic mass is 10.2. The van der Waals surface area contributed by atoms with Crippen LogP contribution in [-0.4, -0.2) is 39.0 Å². The lowest BCUT2D eigenvalue weighted by molar-refractivity contribution is 0.354. The van der Waals surface area contributed by atoms with Crippen LogP contribution in [0.4, 0.5) is 0 Å². The fourth-order valence-electron chi connectivity index (χ4n) is 3.01. The van der Waals surface area contributed by atoms with E-state index in [4.69, 9.17) is 9.47 Å². The van der Waals surface area contributed by atoms with Gasteiger partial charge in [0.05, 0.1) is 30.9 Å². The number of aryl methyl sites for hydroxylation is 2. The van der Waals surface area contributed by atoms with Crippen LogP contribution < -0.4 is 14.2 Å². The Bertz CT molecular complexity index is 1040. The Labute approximate surface area is 169 Å². The van der Waals surface area contributed by atoms with E-state index in [1.807, 2.05) is 42.1 Å². The molecule has 3 rings (SSSR count). The first-order chi connectivity index (χ1) is 13.4. The number of aromatic nitrogens is 2. The smallest absolute Gasteiger partial charge is 0.240 e. The largest absolute Gasteiger partial charge is 0.493 e. The van der Waals surface area contributed by atoms with Gasteiger partial charge in [-0.3, -0.25) is 4.68 Å². The first-order valence-electron chi connectivity index (χ1n) is 8.63. The zero-order valence-corrected chi connectivity index (χ0v) is 17.8. The Morgan fingerprint density at radius 2 is 1.89 bits per heavy atom. The Balaban J connectivity index is 1.88. The maximum atomic E-state index is 12.9. The van der Waals surface area contributed by atoms with Gasteiger partial charge < -0.3 is 9.47 Å². The molecule has 7 nitrogen and oxygen atoms in total. The molecule has 0 aliphatic carbocycles. The van der Waals surface area contributed by atoms with E-state index in [-0.39, 0.29) is 17.5 Å². The highest BCUT2D eigenvalue weighted by Crippen LogP contribution is 2.30. The minimum Gasteiger partial charge on any atom is -0.493 e. The number of ether oxygens (including phenoxy) is 2. The summed E-state index contributed by atoms with van der Waals surface area (Å²) in [6.07, 6.45) is 0. The summed E-state index contributed by atoms with van der Waals surface area (Å²) in [6, 6.07) is 10.2. The van der Waals surface area contributed by atoms with Gasteiger partial charge in [0.15, 0.2) is 11.5 Å². The van der Waals surface area contributed by atoms with Crippen molar-refractivity contribution < 1.29 is 17.9 Å². The SMILES string of the molecule is COc1ccc(S(=O)(=O)NCC(c2cccs2)n2nc(C)cc2C)cc1OC. The fraction of sp³-hybridized carbons (Fsp3) is 0.316. The number of nitrogens with one attached hydrogen (secondary N) is 1. The second-order valence-corrected chi connectivity index (χ2v) is 9.02. The summed E-state index contributed by atoms with van der Waals surface area (Å²) < 4.78 is 40.7. The zero-order valence-electron chi connectivity index (χ0n) is 16.2. The fourth-order valence-corrected chi connectivity index (χ4v) is 4.87. The highest BCUT2D eigenvalue weighted by Gasteiger charge is 2.23. The number of thiophene rings is 1. The quantitative estimate of drug-likeness (QED) is 0.604. The molecular formula is C19H23N3O4S2. The number of methoxy groups -OCH3 is 2. The van der Waals surface area contributed by atoms with Crippen LogP contribution in [0.3, 0.4) is 0 Å². The highest BCUT2D eigenvalue weighted by atomic mass is 32.2. The van der Waals surface area contributed by atoms with Crippen LogP contribution in [0.15, 0.2) is 46.7 Å². The number of benzene rings is 1. The van der Waals surface area contributed by atoms with Gasteiger partial charge >= 0.3 is 0 Å². The van der Waals surface area contributed by atoms with E-state index in [1.54, 1.807) is 17.4 Å². The van der Waals surface area contributed by atoms with E-state index in [2.05, 4.69) is 9.82 Å². The molecular weight excluding hydrogens is 398 g/mol. The van der Waals surface area contributed by atoms with Gasteiger partial charge in [-0.15, -0.1) is 11.3 Å². The molecule has 0 amide bonds. The minimum absolute atomic E-state index is 0.114. The minimum atomic E-state index is -3.74. The summed E-state index contributed by atoms with van der Waals surface area (Å²) in [7, 11) is -0.766. The van der Waals surface area contributed by atoms with E-state index in [0.717, 1.165) is 16.3 Å². The molecule has 0 aliphatic heterocycles. The summed E-state index contributed by atoms with van der Waals surface area (Å²) in [5.41, 5.74) is 1.86. The molecule has 28 heavy (non-hydrogen) atoms. The predicted molar refractivity (Wildman–Crippen MR) is 109 cm³/mol. The molecule has 3 aromatic rings. The summed E-state index contributed by atoms with van der Waals surface area (Å²) in [5.74, 6) is 0.833. The van der Waals surface area contributed by atoms with E-state index >= 15 is 0 Å². The molecule has 1 aromatic carbocycles. The van der Waals surface area contributed by atoms with Crippen LogP contribution in [0.25, 0.3) is 0 Å². The van der Waals surface area contributed by atoms with E-state index in [1.165, 1.54) is 26.4 Å². The van der Waals surface area contributed by atoms with Crippen molar-refractivity contribution >= 4 is 21.4 Å². The third-order valence-electron chi connectivity index (χ3n) is 4.34. The first-order valence-corrected chi connectivity index (χ1v) is 11.0. The summed E-state index contributed by atoms with van der Waals surface area (Å²) in [5, 5.41) is 6.51. The van der Waals surface area contributed by atoms with Gasteiger partial charge in [0.25, 0.3) is 0 Å². The van der Waals surface area contributed by atoms with Crippen molar-refractivity contribution in [2.75, 3.05) is 20.8 Å². The standard InChI is InChI=1S/C19H23N3O4S2/c1-13-10-14(2)22(21-13)16(19-6-5-9-27-19)12-20-28(23,24)15-7-8-17(25-3)18(11-15)26-4/h5-11,16,20H,12H2,1-4H3. The Morgan fingerprint density at radius 3 is 2.46 bits per heavy atom. The summed E-state index contributed by atoms with van der Waals surface area (Å²) in [4.78, 5) is 1.14. The average Bonchev–Trinajstić information content (AvgIpc) is 3.31. The zero-order chi connectivity index (χ0) is 20.3. The normalized spacial score (nSPS) is 12.7. The Hall–Kier alpha value is -2.36. The molecule has 0 saturated heterocycles. The van der Waals surface area contributed by atoms with E-state index in [0.29, 0.717) is 11.5 Å². The van der Waals surface area contributed by atoms with Crippen molar-refractivity contribution in [2.24, 2.45) is 0 Å². The molecule has 0 radical (unpaired) electrons. The van der Waals surface area contributed by atoms with Crippen molar-refractivity contribution in [3.05, 3.63) is 58.0 Å². The van der Waals surface area contributed by atoms with Crippen LogP contribution >= 0.6 is 11.3 Å². The number of rotatable bonds is 8. The van der Waals surface area contributed by atoms with Crippen LogP contribution in [0, 0.1) is 13.8 Å². The molecule has 0 spiro atoms. The van der Waals surface area contributed by atoms with Crippen molar-refractivity contribution in [1.82, 2.24) is 14.5 Å². The van der Waals surface area contributed by atoms with E-state index < -0.39 is 10.0 Å². The summed E-state index contributed by atoms with van der Waals surface area (Å²) >= 11 is 1.57. The van der Waals surface area contributed by atoms with Gasteiger partial charge in [-0.2, -0.15) is 5.10 Å². The molecule has 2 heterocycles. The molecule has 0 fully saturated rings. The monoisotopic (exact) mass is 421 g/mol. The average molecular weight is 422 g/mol. The van der Waals surface area contributed by atoms with Crippen molar-refractivity contribution in [2.45, 2.75) is 24.8 Å². The lowest BCUT2D eigenvalue weighted by Gasteiger charge is -2.19. The molecule has 1 unspecified atom stereocenters. The van der Waals surface area contributed by atoms with Gasteiger partial charge in [-0.1, -0.05) is 6.07 Å². The predicted octanol–water partition coefficient (Wildman–Crippen LogP) is 3.15. The molecule has 0 bridgehead atoms. The number of nitrogens with zero attached hydrogens (tertiary/aromatic N) is 2. The number of sulfonamides is 1. The molecule has 0 aliphatic rings. The van der Waals surface area contributed by atoms with Gasteiger partial charge in [0.2, 0.25) is 10.0 Å². The van der Waals surface area contributed by atoms with Crippen LogP contribution in [-0.2, 0) is 10.0 Å². The van der Waals surface area contributed by atoms with E-state index in [9.17, 15) is 8.42 Å². The molecule has 1 atom stereocenters. The van der Waals surface area contributed by atoms with Gasteiger partial charge in [-0.05, 0) is 43.5 Å². The van der Waals surface area contributed by atoms with Crippen LogP contribution in [0.5, 0.6) is 11.5 Å². The van der Waals surface area contributed by atoms with Gasteiger partial charge in [0, 0.05) is 23.2 Å². The van der Waals surface area contributed by atoms with Crippen LogP contribution in [0.2, 0.25) is 0 Å². The summed E-state index contributed by atoms with van der Waals surface area (Å²) in [6.45, 7) is 4.06. The maximum Gasteiger partial charge on any atom is 0.240 e. The third-order valence-corrected chi connectivity index (χ3v) is 6.74. The second-order valence-electron chi connectivity index (χ2n) is 6.27. The number of hydrogen-bond acceptors (Lipinski definition) is 6. The van der Waals surface area contributed by atoms with Crippen LogP contribution in [0.1, 0.15) is 22.3 Å². The Kier molecular flexibility index (Phi) is 6.07. The van der Waals surface area contributed by atoms with Gasteiger partial charge in [-0.25, -0.2) is 13.1 Å². The number of hydrogen-bond donors (Lipinski definition) is 1. The van der Waals surface area contributed by atoms with Crippen molar-refractivity contribution in [3.8, 4) is 11.5 Å². The molecule has 150 valence electrons. The first kappa shape index (κ1) is 20.4. The highest BCUT2D eigenvalue weighted by molar-refractivity contribution is 7.89. The molecule has 9 heteroatoms. The second kappa shape index (κ2) is 8.34. The van der Waals surface area contributed by atoms with Crippen molar-refractivity contribution in [3.63, 3.8) is 0 Å².